The molecule has 1 saturated heterocycles. The Hall–Kier alpha value is -0.960. The molecule has 0 unspecified atom stereocenters. The molecule has 120 valence electrons. The summed E-state index contributed by atoms with van der Waals surface area (Å²) in [7, 11) is 0. The second kappa shape index (κ2) is 7.35. The van der Waals surface area contributed by atoms with Crippen molar-refractivity contribution >= 4 is 17.5 Å². The van der Waals surface area contributed by atoms with Gasteiger partial charge in [0.1, 0.15) is 12.6 Å². The number of rotatable bonds is 6. The van der Waals surface area contributed by atoms with Crippen molar-refractivity contribution in [3.8, 4) is 5.88 Å². The fraction of sp³-hybridized carbons (Fsp3) is 0.846. The van der Waals surface area contributed by atoms with Gasteiger partial charge < -0.3 is 24.8 Å². The molecule has 21 heavy (non-hydrogen) atoms. The third-order valence-corrected chi connectivity index (χ3v) is 2.86. The third-order valence-electron chi connectivity index (χ3n) is 2.36. The number of hydrogen-bond donors (Lipinski definition) is 2. The van der Waals surface area contributed by atoms with Crippen molar-refractivity contribution in [2.24, 2.45) is 0 Å². The van der Waals surface area contributed by atoms with E-state index in [0.717, 1.165) is 0 Å². The van der Waals surface area contributed by atoms with Crippen LogP contribution in [0.15, 0.2) is 0 Å². The minimum absolute atomic E-state index is 0.369. The van der Waals surface area contributed by atoms with Crippen molar-refractivity contribution in [1.29, 1.82) is 0 Å². The molecule has 0 radical (unpaired) electrons. The van der Waals surface area contributed by atoms with Gasteiger partial charge in [-0.3, -0.25) is 0 Å². The van der Waals surface area contributed by atoms with E-state index < -0.39 is 56.8 Å². The minimum Gasteiger partial charge on any atom is -0.472 e. The first-order valence-corrected chi connectivity index (χ1v) is 7.09. The highest BCUT2D eigenvalue weighted by Crippen LogP contribution is 2.26. The van der Waals surface area contributed by atoms with Crippen LogP contribution in [0.5, 0.6) is 5.88 Å². The van der Waals surface area contributed by atoms with Crippen LogP contribution in [0.1, 0.15) is 30.4 Å². The number of aromatic nitrogens is 2. The first-order valence-electron chi connectivity index (χ1n) is 9.86. The van der Waals surface area contributed by atoms with Gasteiger partial charge in [0.2, 0.25) is 5.82 Å². The largest absolute Gasteiger partial charge is 0.472 e. The molecule has 2 heterocycles. The van der Waals surface area contributed by atoms with E-state index in [4.69, 9.17) is 19.1 Å². The van der Waals surface area contributed by atoms with Crippen LogP contribution in [-0.4, -0.2) is 64.8 Å². The summed E-state index contributed by atoms with van der Waals surface area (Å²) >= 11 is 0.564. The van der Waals surface area contributed by atoms with E-state index >= 15 is 0 Å². The Morgan fingerprint density at radius 1 is 1.57 bits per heavy atom. The van der Waals surface area contributed by atoms with Gasteiger partial charge in [0.05, 0.1) is 34.5 Å². The number of nitrogens with one attached hydrogen (secondary N) is 1. The summed E-state index contributed by atoms with van der Waals surface area (Å²) in [6, 6.07) is 0. The molecule has 0 amide bonds. The number of morpholine rings is 1. The van der Waals surface area contributed by atoms with Crippen molar-refractivity contribution in [2.45, 2.75) is 32.4 Å². The Morgan fingerprint density at radius 2 is 2.29 bits per heavy atom. The Balaban J connectivity index is 2.30. The standard InChI is InChI=1S/C13H24N4O3S/c1-13(2,3)14-8-10(18)9-20-12-11(15-21-16-12)17-4-6-19-7-5-17/h10,14,18H,4-9H2,1-3H3/t10-/m1/s1/i4D2,5D2,9D2,10D. The van der Waals surface area contributed by atoms with Crippen molar-refractivity contribution in [1.82, 2.24) is 14.1 Å². The van der Waals surface area contributed by atoms with E-state index in [1.54, 1.807) is 20.8 Å². The predicted molar refractivity (Wildman–Crippen MR) is 82.2 cm³/mol. The monoisotopic (exact) mass is 323 g/mol. The van der Waals surface area contributed by atoms with Crippen LogP contribution < -0.4 is 15.0 Å². The molecule has 1 aliphatic heterocycles. The molecule has 7 nitrogen and oxygen atoms in total. The Bertz CT molecular complexity index is 680. The van der Waals surface area contributed by atoms with E-state index in [0.29, 0.717) is 16.6 Å². The Labute approximate surface area is 139 Å². The summed E-state index contributed by atoms with van der Waals surface area (Å²) in [5.74, 6) is -0.891. The topological polar surface area (TPSA) is 79.7 Å². The van der Waals surface area contributed by atoms with E-state index in [9.17, 15) is 5.11 Å². The molecule has 0 aliphatic carbocycles. The molecule has 2 N–H and O–H groups in total. The highest BCUT2D eigenvalue weighted by atomic mass is 32.1. The zero-order chi connectivity index (χ0) is 21.6. The Morgan fingerprint density at radius 3 is 2.95 bits per heavy atom. The maximum atomic E-state index is 10.3. The van der Waals surface area contributed by atoms with Crippen LogP contribution in [0, 0.1) is 0 Å². The first kappa shape index (κ1) is 9.24. The number of aliphatic hydroxyl groups is 1. The maximum absolute atomic E-state index is 10.3. The smallest absolute Gasteiger partial charge is 0.270 e. The number of ether oxygens (including phenoxy) is 2. The molecule has 0 saturated carbocycles. The van der Waals surface area contributed by atoms with Gasteiger partial charge in [-0.2, -0.15) is 4.37 Å². The zero-order valence-corrected chi connectivity index (χ0v) is 13.0. The van der Waals surface area contributed by atoms with Crippen LogP contribution in [0.25, 0.3) is 0 Å². The van der Waals surface area contributed by atoms with E-state index in [1.165, 1.54) is 0 Å². The Kier molecular flexibility index (Phi) is 3.23. The average Bonchev–Trinajstić information content (AvgIpc) is 2.89. The zero-order valence-electron chi connectivity index (χ0n) is 19.1. The first-order chi connectivity index (χ1) is 12.5. The van der Waals surface area contributed by atoms with E-state index in [-0.39, 0.29) is 5.82 Å². The van der Waals surface area contributed by atoms with Crippen molar-refractivity contribution in [2.75, 3.05) is 44.2 Å². The average molecular weight is 323 g/mol. The van der Waals surface area contributed by atoms with Crippen molar-refractivity contribution < 1.29 is 24.2 Å². The lowest BCUT2D eigenvalue weighted by Gasteiger charge is -2.27. The highest BCUT2D eigenvalue weighted by molar-refractivity contribution is 6.99. The van der Waals surface area contributed by atoms with Gasteiger partial charge in [-0.1, -0.05) is 0 Å². The number of anilines is 1. The fourth-order valence-electron chi connectivity index (χ4n) is 1.35. The fourth-order valence-corrected chi connectivity index (χ4v) is 1.82. The molecule has 0 spiro atoms. The van der Waals surface area contributed by atoms with Gasteiger partial charge in [-0.25, -0.2) is 0 Å². The van der Waals surface area contributed by atoms with Gasteiger partial charge in [-0.15, -0.1) is 4.37 Å². The lowest BCUT2D eigenvalue weighted by atomic mass is 10.1. The lowest BCUT2D eigenvalue weighted by Crippen LogP contribution is -2.42. The molecule has 8 heteroatoms. The quantitative estimate of drug-likeness (QED) is 0.789. The third kappa shape index (κ3) is 5.39. The molecule has 1 aromatic rings. The summed E-state index contributed by atoms with van der Waals surface area (Å²) in [4.78, 5) is 0.675. The molecule has 1 aliphatic rings. The number of β-amino-alcohol motifs (C(OH)–C–C–N with tert-alkyl or cyclic N) is 1. The summed E-state index contributed by atoms with van der Waals surface area (Å²) in [6.07, 6.45) is -2.72. The van der Waals surface area contributed by atoms with Gasteiger partial charge in [0.25, 0.3) is 5.88 Å². The van der Waals surface area contributed by atoms with Gasteiger partial charge in [0.15, 0.2) is 0 Å². The maximum Gasteiger partial charge on any atom is 0.270 e. The SMILES string of the molecule is [2H]C1([2H])COCC([2H])([2H])N1c1nsnc1OC([2H])([2H])[C@]([2H])(O)CNC(C)(C)C. The summed E-state index contributed by atoms with van der Waals surface area (Å²) in [6.45, 7) is -3.54. The molecule has 0 bridgehead atoms. The molecule has 2 rings (SSSR count). The van der Waals surface area contributed by atoms with Gasteiger partial charge in [-0.05, 0) is 20.8 Å². The molecular formula is C13H24N4O3S. The summed E-state index contributed by atoms with van der Waals surface area (Å²) < 4.78 is 73.7. The van der Waals surface area contributed by atoms with Gasteiger partial charge in [0, 0.05) is 25.1 Å². The van der Waals surface area contributed by atoms with Crippen LogP contribution >= 0.6 is 11.7 Å². The second-order valence-corrected chi connectivity index (χ2v) is 5.82. The number of nitrogens with zero attached hydrogens (tertiary/aromatic N) is 3. The molecular weight excluding hydrogens is 292 g/mol. The molecule has 1 atom stereocenters. The van der Waals surface area contributed by atoms with E-state index in [2.05, 4.69) is 14.1 Å². The van der Waals surface area contributed by atoms with Crippen LogP contribution in [0.3, 0.4) is 0 Å². The number of hydrogen-bond acceptors (Lipinski definition) is 8. The van der Waals surface area contributed by atoms with Crippen LogP contribution in [0.4, 0.5) is 5.82 Å². The highest BCUT2D eigenvalue weighted by Gasteiger charge is 2.21. The molecule has 1 fully saturated rings. The molecule has 0 aromatic carbocycles. The normalized spacial score (nSPS) is 29.7. The lowest BCUT2D eigenvalue weighted by molar-refractivity contribution is 0.0975. The summed E-state index contributed by atoms with van der Waals surface area (Å²) in [5.41, 5.74) is -0.488. The minimum atomic E-state index is -2.96. The second-order valence-electron chi connectivity index (χ2n) is 5.29. The van der Waals surface area contributed by atoms with Gasteiger partial charge >= 0.3 is 0 Å². The van der Waals surface area contributed by atoms with Crippen molar-refractivity contribution in [3.05, 3.63) is 0 Å². The van der Waals surface area contributed by atoms with Crippen LogP contribution in [0.2, 0.25) is 0 Å². The van der Waals surface area contributed by atoms with Crippen molar-refractivity contribution in [3.63, 3.8) is 0 Å². The molecule has 1 aromatic heterocycles. The van der Waals surface area contributed by atoms with E-state index in [1.807, 2.05) is 0 Å². The van der Waals surface area contributed by atoms with Crippen LogP contribution in [-0.2, 0) is 4.74 Å². The summed E-state index contributed by atoms with van der Waals surface area (Å²) in [5, 5.41) is 13.1. The predicted octanol–water partition coefficient (Wildman–Crippen LogP) is 0.502.